The third-order valence-electron chi connectivity index (χ3n) is 1.19. The minimum Gasteiger partial charge on any atom is -0.451 e. The monoisotopic (exact) mass is 172 g/mol. The third kappa shape index (κ3) is 3.37. The molecule has 0 fully saturated rings. The van der Waals surface area contributed by atoms with Crippen molar-refractivity contribution < 1.29 is 19.7 Å². The van der Waals surface area contributed by atoms with Gasteiger partial charge in [-0.15, -0.1) is 6.42 Å². The van der Waals surface area contributed by atoms with Gasteiger partial charge in [0.1, 0.15) is 0 Å². The summed E-state index contributed by atoms with van der Waals surface area (Å²) in [6, 6.07) is 0. The van der Waals surface area contributed by atoms with Crippen molar-refractivity contribution in [2.75, 3.05) is 6.61 Å². The molecule has 0 rings (SSSR count). The average molecular weight is 172 g/mol. The lowest BCUT2D eigenvalue weighted by Gasteiger charge is -2.21. The standard InChI is InChI=1S/C8H12O4/c1-4-5-12-7(10)6(9)8(2,3)11/h1,6,9,11H,5H2,2-3H3. The van der Waals surface area contributed by atoms with Crippen LogP contribution < -0.4 is 0 Å². The molecule has 0 bridgehead atoms. The topological polar surface area (TPSA) is 66.8 Å². The smallest absolute Gasteiger partial charge is 0.338 e. The molecule has 0 aromatic heterocycles. The van der Waals surface area contributed by atoms with Crippen LogP contribution in [0.15, 0.2) is 0 Å². The molecule has 0 aliphatic heterocycles. The van der Waals surface area contributed by atoms with E-state index in [4.69, 9.17) is 16.6 Å². The quantitative estimate of drug-likeness (QED) is 0.436. The molecule has 1 unspecified atom stereocenters. The van der Waals surface area contributed by atoms with E-state index >= 15 is 0 Å². The summed E-state index contributed by atoms with van der Waals surface area (Å²) in [5.41, 5.74) is -1.51. The van der Waals surface area contributed by atoms with Gasteiger partial charge in [0.05, 0.1) is 5.60 Å². The number of aliphatic hydroxyl groups is 2. The fraction of sp³-hybridized carbons (Fsp3) is 0.625. The zero-order valence-corrected chi connectivity index (χ0v) is 7.07. The van der Waals surface area contributed by atoms with Crippen molar-refractivity contribution in [3.63, 3.8) is 0 Å². The molecule has 0 saturated carbocycles. The van der Waals surface area contributed by atoms with Crippen LogP contribution in [0, 0.1) is 12.3 Å². The molecule has 0 aliphatic carbocycles. The first kappa shape index (κ1) is 11.0. The SMILES string of the molecule is C#CCOC(=O)C(O)C(C)(C)O. The van der Waals surface area contributed by atoms with E-state index in [1.807, 2.05) is 0 Å². The minimum atomic E-state index is -1.56. The Morgan fingerprint density at radius 1 is 1.75 bits per heavy atom. The summed E-state index contributed by atoms with van der Waals surface area (Å²) in [6.45, 7) is 2.40. The van der Waals surface area contributed by atoms with E-state index in [1.165, 1.54) is 13.8 Å². The van der Waals surface area contributed by atoms with Crippen LogP contribution in [0.25, 0.3) is 0 Å². The first-order valence-corrected chi connectivity index (χ1v) is 3.40. The summed E-state index contributed by atoms with van der Waals surface area (Å²) in [4.78, 5) is 10.8. The van der Waals surface area contributed by atoms with E-state index in [2.05, 4.69) is 10.7 Å². The lowest BCUT2D eigenvalue weighted by Crippen LogP contribution is -2.43. The molecule has 0 saturated heterocycles. The Bertz CT molecular complexity index is 196. The molecule has 0 heterocycles. The number of aliphatic hydroxyl groups excluding tert-OH is 1. The normalized spacial score (nSPS) is 13.2. The molecule has 4 nitrogen and oxygen atoms in total. The van der Waals surface area contributed by atoms with Gasteiger partial charge in [-0.2, -0.15) is 0 Å². The molecular weight excluding hydrogens is 160 g/mol. The zero-order chi connectivity index (χ0) is 9.78. The van der Waals surface area contributed by atoms with Gasteiger partial charge in [0.2, 0.25) is 0 Å². The first-order valence-electron chi connectivity index (χ1n) is 3.40. The molecule has 12 heavy (non-hydrogen) atoms. The van der Waals surface area contributed by atoms with Crippen LogP contribution in [0.2, 0.25) is 0 Å². The third-order valence-corrected chi connectivity index (χ3v) is 1.19. The van der Waals surface area contributed by atoms with Gasteiger partial charge < -0.3 is 14.9 Å². The highest BCUT2D eigenvalue weighted by molar-refractivity contribution is 5.75. The summed E-state index contributed by atoms with van der Waals surface area (Å²) in [7, 11) is 0. The van der Waals surface area contributed by atoms with Crippen molar-refractivity contribution >= 4 is 5.97 Å². The summed E-state index contributed by atoms with van der Waals surface area (Å²) < 4.78 is 4.39. The maximum atomic E-state index is 10.8. The number of carbonyl (C=O) groups excluding carboxylic acids is 1. The van der Waals surface area contributed by atoms with E-state index in [-0.39, 0.29) is 6.61 Å². The van der Waals surface area contributed by atoms with Gasteiger partial charge in [0, 0.05) is 0 Å². The van der Waals surface area contributed by atoms with Crippen LogP contribution in [0.4, 0.5) is 0 Å². The highest BCUT2D eigenvalue weighted by Gasteiger charge is 2.32. The molecular formula is C8H12O4. The fourth-order valence-corrected chi connectivity index (χ4v) is 0.480. The summed E-state index contributed by atoms with van der Waals surface area (Å²) >= 11 is 0. The van der Waals surface area contributed by atoms with Gasteiger partial charge in [0.25, 0.3) is 0 Å². The maximum absolute atomic E-state index is 10.8. The lowest BCUT2D eigenvalue weighted by molar-refractivity contribution is -0.164. The number of carbonyl (C=O) groups is 1. The second-order valence-electron chi connectivity index (χ2n) is 2.87. The Hall–Kier alpha value is -1.05. The van der Waals surface area contributed by atoms with Crippen molar-refractivity contribution in [2.24, 2.45) is 0 Å². The van der Waals surface area contributed by atoms with Crippen molar-refractivity contribution in [1.82, 2.24) is 0 Å². The van der Waals surface area contributed by atoms with Gasteiger partial charge in [0.15, 0.2) is 12.7 Å². The molecule has 0 radical (unpaired) electrons. The summed E-state index contributed by atoms with van der Waals surface area (Å²) in [5, 5.41) is 18.2. The van der Waals surface area contributed by atoms with Crippen LogP contribution in [-0.4, -0.2) is 34.5 Å². The second kappa shape index (κ2) is 4.10. The van der Waals surface area contributed by atoms with Crippen LogP contribution >= 0.6 is 0 Å². The molecule has 0 aliphatic rings. The van der Waals surface area contributed by atoms with Gasteiger partial charge in [-0.05, 0) is 13.8 Å². The molecule has 0 amide bonds. The van der Waals surface area contributed by atoms with E-state index in [0.29, 0.717) is 0 Å². The fourth-order valence-electron chi connectivity index (χ4n) is 0.480. The predicted molar refractivity (Wildman–Crippen MR) is 42.1 cm³/mol. The molecule has 4 heteroatoms. The first-order chi connectivity index (χ1) is 5.39. The predicted octanol–water partition coefficient (Wildman–Crippen LogP) is -0.705. The molecule has 0 aromatic carbocycles. The Balaban J connectivity index is 4.04. The molecule has 68 valence electrons. The van der Waals surface area contributed by atoms with E-state index in [1.54, 1.807) is 0 Å². The highest BCUT2D eigenvalue weighted by Crippen LogP contribution is 2.09. The van der Waals surface area contributed by atoms with Crippen molar-refractivity contribution in [3.8, 4) is 12.3 Å². The van der Waals surface area contributed by atoms with Gasteiger partial charge in [-0.1, -0.05) is 5.92 Å². The Kier molecular flexibility index (Phi) is 3.74. The minimum absolute atomic E-state index is 0.202. The Morgan fingerprint density at radius 3 is 2.58 bits per heavy atom. The second-order valence-corrected chi connectivity index (χ2v) is 2.87. The van der Waals surface area contributed by atoms with Crippen molar-refractivity contribution in [1.29, 1.82) is 0 Å². The summed E-state index contributed by atoms with van der Waals surface area (Å²) in [5.74, 6) is 1.15. The van der Waals surface area contributed by atoms with E-state index < -0.39 is 17.7 Å². The van der Waals surface area contributed by atoms with Crippen molar-refractivity contribution in [2.45, 2.75) is 25.6 Å². The number of hydrogen-bond donors (Lipinski definition) is 2. The van der Waals surface area contributed by atoms with Crippen LogP contribution in [0.5, 0.6) is 0 Å². The Labute approximate surface area is 71.2 Å². The zero-order valence-electron chi connectivity index (χ0n) is 7.07. The molecule has 0 spiro atoms. The number of esters is 1. The van der Waals surface area contributed by atoms with E-state index in [9.17, 15) is 4.79 Å². The van der Waals surface area contributed by atoms with Gasteiger partial charge >= 0.3 is 5.97 Å². The van der Waals surface area contributed by atoms with Crippen LogP contribution in [0.1, 0.15) is 13.8 Å². The van der Waals surface area contributed by atoms with Gasteiger partial charge in [-0.3, -0.25) is 0 Å². The molecule has 1 atom stereocenters. The Morgan fingerprint density at radius 2 is 2.25 bits per heavy atom. The number of hydrogen-bond acceptors (Lipinski definition) is 4. The van der Waals surface area contributed by atoms with Gasteiger partial charge in [-0.25, -0.2) is 4.79 Å². The van der Waals surface area contributed by atoms with Crippen LogP contribution in [0.3, 0.4) is 0 Å². The van der Waals surface area contributed by atoms with E-state index in [0.717, 1.165) is 0 Å². The lowest BCUT2D eigenvalue weighted by atomic mass is 10.0. The molecule has 0 aromatic rings. The number of ether oxygens (including phenoxy) is 1. The number of rotatable bonds is 3. The molecule has 2 N–H and O–H groups in total. The van der Waals surface area contributed by atoms with Crippen LogP contribution in [-0.2, 0) is 9.53 Å². The average Bonchev–Trinajstić information content (AvgIpc) is 1.97. The van der Waals surface area contributed by atoms with Crippen molar-refractivity contribution in [3.05, 3.63) is 0 Å². The summed E-state index contributed by atoms with van der Waals surface area (Å²) in [6.07, 6.45) is 3.25. The number of terminal acetylenes is 1. The highest BCUT2D eigenvalue weighted by atomic mass is 16.5. The largest absolute Gasteiger partial charge is 0.451 e. The maximum Gasteiger partial charge on any atom is 0.338 e.